The van der Waals surface area contributed by atoms with Gasteiger partial charge in [-0.1, -0.05) is 12.1 Å². The summed E-state index contributed by atoms with van der Waals surface area (Å²) < 4.78 is 17.9. The summed E-state index contributed by atoms with van der Waals surface area (Å²) in [5.74, 6) is 1.55. The third-order valence-electron chi connectivity index (χ3n) is 5.74. The molecule has 2 atom stereocenters. The van der Waals surface area contributed by atoms with Crippen molar-refractivity contribution < 1.29 is 23.9 Å². The minimum absolute atomic E-state index is 0.108. The summed E-state index contributed by atoms with van der Waals surface area (Å²) in [5, 5.41) is 18.9. The molecule has 0 saturated heterocycles. The minimum atomic E-state index is -0.959. The van der Waals surface area contributed by atoms with Crippen molar-refractivity contribution in [3.05, 3.63) is 57.9 Å². The molecule has 0 unspecified atom stereocenters. The predicted octanol–water partition coefficient (Wildman–Crippen LogP) is 4.38. The minimum Gasteiger partial charge on any atom is -0.489 e. The van der Waals surface area contributed by atoms with E-state index in [1.165, 1.54) is 35.4 Å². The molecule has 0 amide bonds. The predicted molar refractivity (Wildman–Crippen MR) is 120 cm³/mol. The first-order chi connectivity index (χ1) is 16.3. The molecule has 0 N–H and O–H groups in total. The van der Waals surface area contributed by atoms with Gasteiger partial charge in [0.1, 0.15) is 29.5 Å². The van der Waals surface area contributed by atoms with Crippen LogP contribution in [0.25, 0.3) is 11.4 Å². The van der Waals surface area contributed by atoms with Crippen molar-refractivity contribution in [2.45, 2.75) is 45.8 Å². The summed E-state index contributed by atoms with van der Waals surface area (Å²) >= 11 is 0. The average molecular weight is 467 g/mol. The van der Waals surface area contributed by atoms with Gasteiger partial charge in [0.25, 0.3) is 5.69 Å². The largest absolute Gasteiger partial charge is 0.514 e. The number of pyridine rings is 1. The molecule has 4 rings (SSSR count). The number of aryl methyl sites for hydroxylation is 2. The van der Waals surface area contributed by atoms with Crippen molar-refractivity contribution in [3.63, 3.8) is 0 Å². The van der Waals surface area contributed by atoms with Gasteiger partial charge in [0.05, 0.1) is 22.4 Å². The number of hydrogen-bond acceptors (Lipinski definition) is 9. The lowest BCUT2D eigenvalue weighted by molar-refractivity contribution is -0.384. The molecule has 0 radical (unpaired) electrons. The van der Waals surface area contributed by atoms with E-state index >= 15 is 0 Å². The second-order valence-electron chi connectivity index (χ2n) is 8.34. The molecule has 11 nitrogen and oxygen atoms in total. The number of benzene rings is 1. The topological polar surface area (TPSA) is 132 Å². The molecule has 1 fully saturated rings. The van der Waals surface area contributed by atoms with Gasteiger partial charge >= 0.3 is 6.16 Å². The normalized spacial score (nSPS) is 17.4. The number of aromatic nitrogens is 4. The number of nitro groups is 1. The van der Waals surface area contributed by atoms with E-state index in [0.717, 1.165) is 24.3 Å². The van der Waals surface area contributed by atoms with E-state index in [1.807, 2.05) is 19.1 Å². The summed E-state index contributed by atoms with van der Waals surface area (Å²) in [6.45, 7) is 3.96. The van der Waals surface area contributed by atoms with Gasteiger partial charge in [-0.15, -0.1) is 5.10 Å². The number of nitrogens with zero attached hydrogens (tertiary/aromatic N) is 5. The zero-order valence-electron chi connectivity index (χ0n) is 19.1. The zero-order chi connectivity index (χ0) is 24.2. The Labute approximate surface area is 195 Å². The summed E-state index contributed by atoms with van der Waals surface area (Å²) in [6.07, 6.45) is 2.51. The van der Waals surface area contributed by atoms with Gasteiger partial charge in [-0.05, 0) is 56.4 Å². The highest BCUT2D eigenvalue weighted by Gasteiger charge is 2.24. The highest BCUT2D eigenvalue weighted by Crippen LogP contribution is 2.31. The molecular formula is C23H25N5O6. The molecule has 11 heteroatoms. The van der Waals surface area contributed by atoms with Gasteiger partial charge in [0.2, 0.25) is 0 Å². The van der Waals surface area contributed by atoms with Gasteiger partial charge in [0, 0.05) is 19.2 Å². The van der Waals surface area contributed by atoms with Gasteiger partial charge in [0.15, 0.2) is 0 Å². The van der Waals surface area contributed by atoms with Crippen molar-refractivity contribution >= 4 is 11.8 Å². The monoisotopic (exact) mass is 467 g/mol. The first kappa shape index (κ1) is 23.1. The summed E-state index contributed by atoms with van der Waals surface area (Å²) in [6, 6.07) is 8.80. The number of non-ortho nitro benzene ring substituents is 1. The maximum absolute atomic E-state index is 12.1. The Kier molecular flexibility index (Phi) is 6.71. The lowest BCUT2D eigenvalue weighted by Gasteiger charge is -2.15. The third-order valence-corrected chi connectivity index (χ3v) is 5.74. The van der Waals surface area contributed by atoms with E-state index in [2.05, 4.69) is 22.2 Å². The van der Waals surface area contributed by atoms with E-state index < -0.39 is 11.1 Å². The molecule has 1 aromatic carbocycles. The summed E-state index contributed by atoms with van der Waals surface area (Å²) in [7, 11) is 1.68. The van der Waals surface area contributed by atoms with Crippen LogP contribution in [0.3, 0.4) is 0 Å². The number of carbonyl (C=O) groups excluding carboxylic acids is 1. The number of hydrogen-bond donors (Lipinski definition) is 0. The maximum atomic E-state index is 12.1. The highest BCUT2D eigenvalue weighted by molar-refractivity contribution is 5.64. The third kappa shape index (κ3) is 5.30. The zero-order valence-corrected chi connectivity index (χ0v) is 19.1. The van der Waals surface area contributed by atoms with Crippen LogP contribution in [0, 0.1) is 23.0 Å². The van der Waals surface area contributed by atoms with Gasteiger partial charge in [-0.2, -0.15) is 0 Å². The van der Waals surface area contributed by atoms with Crippen LogP contribution in [-0.4, -0.2) is 37.2 Å². The van der Waals surface area contributed by atoms with E-state index in [9.17, 15) is 14.9 Å². The second kappa shape index (κ2) is 9.86. The molecule has 178 valence electrons. The Morgan fingerprint density at radius 3 is 2.62 bits per heavy atom. The smallest absolute Gasteiger partial charge is 0.489 e. The van der Waals surface area contributed by atoms with E-state index in [4.69, 9.17) is 14.2 Å². The van der Waals surface area contributed by atoms with Crippen LogP contribution < -0.4 is 9.47 Å². The molecule has 1 aliphatic rings. The Hall–Kier alpha value is -4.02. The van der Waals surface area contributed by atoms with Crippen molar-refractivity contribution in [2.24, 2.45) is 13.0 Å². The maximum Gasteiger partial charge on any atom is 0.514 e. The van der Waals surface area contributed by atoms with Crippen LogP contribution in [0.4, 0.5) is 10.5 Å². The van der Waals surface area contributed by atoms with Crippen LogP contribution in [0.2, 0.25) is 0 Å². The molecule has 34 heavy (non-hydrogen) atoms. The highest BCUT2D eigenvalue weighted by atomic mass is 16.7. The number of nitro benzene ring substituents is 1. The Morgan fingerprint density at radius 1 is 1.21 bits per heavy atom. The molecule has 3 aromatic rings. The van der Waals surface area contributed by atoms with Crippen LogP contribution in [0.5, 0.6) is 11.5 Å². The van der Waals surface area contributed by atoms with Crippen LogP contribution in [0.1, 0.15) is 37.6 Å². The lowest BCUT2D eigenvalue weighted by Crippen LogP contribution is -2.13. The molecule has 0 bridgehead atoms. The van der Waals surface area contributed by atoms with Crippen molar-refractivity contribution in [1.82, 2.24) is 20.0 Å². The SMILES string of the molecule is Cc1nc(-c2nnn(C)c2COC(=O)Oc2ccc([N+](=O)[O-])cc2)ccc1O[C@H]1CC[C@H](C)C1. The number of rotatable bonds is 7. The summed E-state index contributed by atoms with van der Waals surface area (Å²) in [4.78, 5) is 26.9. The average Bonchev–Trinajstić information content (AvgIpc) is 3.39. The molecule has 2 aromatic heterocycles. The van der Waals surface area contributed by atoms with Crippen molar-refractivity contribution in [1.29, 1.82) is 0 Å². The number of ether oxygens (including phenoxy) is 3. The molecule has 0 aliphatic heterocycles. The van der Waals surface area contributed by atoms with E-state index in [-0.39, 0.29) is 24.1 Å². The van der Waals surface area contributed by atoms with Crippen molar-refractivity contribution in [2.75, 3.05) is 0 Å². The molecular weight excluding hydrogens is 442 g/mol. The van der Waals surface area contributed by atoms with Gasteiger partial charge < -0.3 is 14.2 Å². The fraction of sp³-hybridized carbons (Fsp3) is 0.391. The fourth-order valence-electron chi connectivity index (χ4n) is 3.87. The molecule has 0 spiro atoms. The Bertz CT molecular complexity index is 1190. The first-order valence-electron chi connectivity index (χ1n) is 10.9. The first-order valence-corrected chi connectivity index (χ1v) is 10.9. The standard InChI is InChI=1S/C23H25N5O6/c1-14-4-7-18(12-14)33-21-11-10-19(24-15(21)2)22-20(27(3)26-25-22)13-32-23(29)34-17-8-5-16(6-9-17)28(30)31/h5-6,8-11,14,18H,4,7,12-13H2,1-3H3/t14-,18-/m0/s1. The fourth-order valence-corrected chi connectivity index (χ4v) is 3.87. The van der Waals surface area contributed by atoms with E-state index in [1.54, 1.807) is 7.05 Å². The van der Waals surface area contributed by atoms with Crippen molar-refractivity contribution in [3.8, 4) is 22.9 Å². The van der Waals surface area contributed by atoms with Gasteiger partial charge in [-0.25, -0.2) is 14.5 Å². The molecule has 1 aliphatic carbocycles. The van der Waals surface area contributed by atoms with Crippen LogP contribution >= 0.6 is 0 Å². The summed E-state index contributed by atoms with van der Waals surface area (Å²) in [5.41, 5.74) is 2.23. The molecule has 2 heterocycles. The quantitative estimate of drug-likeness (QED) is 0.215. The Morgan fingerprint density at radius 2 is 1.97 bits per heavy atom. The van der Waals surface area contributed by atoms with Crippen LogP contribution in [-0.2, 0) is 18.4 Å². The second-order valence-corrected chi connectivity index (χ2v) is 8.34. The number of carbonyl (C=O) groups is 1. The van der Waals surface area contributed by atoms with Crippen LogP contribution in [0.15, 0.2) is 36.4 Å². The lowest BCUT2D eigenvalue weighted by atomic mass is 10.1. The van der Waals surface area contributed by atoms with E-state index in [0.29, 0.717) is 23.0 Å². The van der Waals surface area contributed by atoms with Gasteiger partial charge in [-0.3, -0.25) is 10.1 Å². The Balaban J connectivity index is 1.41. The molecule has 1 saturated carbocycles.